The van der Waals surface area contributed by atoms with Crippen molar-refractivity contribution in [2.45, 2.75) is 25.5 Å². The van der Waals surface area contributed by atoms with Crippen molar-refractivity contribution in [3.8, 4) is 0 Å². The normalized spacial score (nSPS) is 17.4. The summed E-state index contributed by atoms with van der Waals surface area (Å²) in [6, 6.07) is 6.77. The summed E-state index contributed by atoms with van der Waals surface area (Å²) in [7, 11) is 1.80. The molecular weight excluding hydrogens is 356 g/mol. The van der Waals surface area contributed by atoms with Gasteiger partial charge in [0.1, 0.15) is 12.6 Å². The summed E-state index contributed by atoms with van der Waals surface area (Å²) in [4.78, 5) is 26.4. The van der Waals surface area contributed by atoms with E-state index in [0.29, 0.717) is 18.0 Å². The maximum atomic E-state index is 12.6. The number of benzene rings is 1. The van der Waals surface area contributed by atoms with Crippen molar-refractivity contribution >= 4 is 29.1 Å². The van der Waals surface area contributed by atoms with E-state index < -0.39 is 6.04 Å². The predicted molar refractivity (Wildman–Crippen MR) is 97.8 cm³/mol. The van der Waals surface area contributed by atoms with Crippen molar-refractivity contribution in [3.63, 3.8) is 0 Å². The second-order valence-electron chi connectivity index (χ2n) is 6.21. The molecule has 0 bridgehead atoms. The molecule has 2 amide bonds. The van der Waals surface area contributed by atoms with Crippen molar-refractivity contribution in [2.24, 2.45) is 7.05 Å². The summed E-state index contributed by atoms with van der Waals surface area (Å²) in [5.74, 6) is -0.438. The Labute approximate surface area is 156 Å². The fraction of sp³-hybridized carbons (Fsp3) is 0.389. The van der Waals surface area contributed by atoms with E-state index >= 15 is 0 Å². The van der Waals surface area contributed by atoms with Crippen molar-refractivity contribution in [1.82, 2.24) is 15.1 Å². The minimum absolute atomic E-state index is 0.122. The molecule has 0 aliphatic carbocycles. The monoisotopic (exact) mass is 376 g/mol. The molecular formula is C18H21ClN4O3. The summed E-state index contributed by atoms with van der Waals surface area (Å²) in [6.07, 6.45) is 4.86. The largest absolute Gasteiger partial charge is 0.367 e. The second-order valence-corrected chi connectivity index (χ2v) is 6.62. The number of aryl methyl sites for hydroxylation is 1. The van der Waals surface area contributed by atoms with Gasteiger partial charge in [-0.15, -0.1) is 0 Å². The van der Waals surface area contributed by atoms with Gasteiger partial charge in [-0.2, -0.15) is 5.10 Å². The third-order valence-corrected chi connectivity index (χ3v) is 4.59. The summed E-state index contributed by atoms with van der Waals surface area (Å²) >= 11 is 6.05. The Morgan fingerprint density at radius 1 is 1.42 bits per heavy atom. The third kappa shape index (κ3) is 4.42. The van der Waals surface area contributed by atoms with Gasteiger partial charge in [0.15, 0.2) is 0 Å². The first-order valence-electron chi connectivity index (χ1n) is 8.45. The molecule has 1 atom stereocenters. The molecule has 7 nitrogen and oxygen atoms in total. The number of aromatic nitrogens is 2. The van der Waals surface area contributed by atoms with Gasteiger partial charge in [-0.3, -0.25) is 14.3 Å². The van der Waals surface area contributed by atoms with Crippen LogP contribution < -0.4 is 10.2 Å². The van der Waals surface area contributed by atoms with E-state index in [1.54, 1.807) is 35.1 Å². The Kier molecular flexibility index (Phi) is 5.90. The zero-order chi connectivity index (χ0) is 18.5. The van der Waals surface area contributed by atoms with Crippen LogP contribution in [0.2, 0.25) is 5.02 Å². The molecule has 2 heterocycles. The maximum absolute atomic E-state index is 12.6. The Bertz CT molecular complexity index is 792. The van der Waals surface area contributed by atoms with E-state index in [-0.39, 0.29) is 25.0 Å². The van der Waals surface area contributed by atoms with Gasteiger partial charge in [0.05, 0.1) is 18.5 Å². The fourth-order valence-electron chi connectivity index (χ4n) is 2.92. The number of carbonyl (C=O) groups is 2. The van der Waals surface area contributed by atoms with Crippen LogP contribution in [0.4, 0.5) is 5.69 Å². The lowest BCUT2D eigenvalue weighted by Crippen LogP contribution is -2.53. The lowest BCUT2D eigenvalue weighted by atomic mass is 10.0. The molecule has 1 aromatic heterocycles. The number of carbonyl (C=O) groups excluding carboxylic acids is 2. The van der Waals surface area contributed by atoms with E-state index in [0.717, 1.165) is 17.7 Å². The van der Waals surface area contributed by atoms with Crippen molar-refractivity contribution in [1.29, 1.82) is 0 Å². The quantitative estimate of drug-likeness (QED) is 0.835. The smallest absolute Gasteiger partial charge is 0.249 e. The molecule has 1 unspecified atom stereocenters. The molecule has 1 N–H and O–H groups in total. The number of amides is 2. The highest BCUT2D eigenvalue weighted by Crippen LogP contribution is 2.20. The van der Waals surface area contributed by atoms with Crippen molar-refractivity contribution in [2.75, 3.05) is 18.1 Å². The molecule has 26 heavy (non-hydrogen) atoms. The molecule has 8 heteroatoms. The first-order valence-corrected chi connectivity index (χ1v) is 8.83. The highest BCUT2D eigenvalue weighted by molar-refractivity contribution is 6.31. The lowest BCUT2D eigenvalue weighted by Gasteiger charge is -2.31. The number of nitrogens with zero attached hydrogens (tertiary/aromatic N) is 3. The Morgan fingerprint density at radius 2 is 2.23 bits per heavy atom. The standard InChI is InChI=1S/C18H21ClN4O3/c1-22-10-14(9-20-22)23-8-4-7-16(18(23)25)21-17(24)12-26-11-13-5-2-3-6-15(13)19/h2-3,5-6,9-10,16H,4,7-8,11-12H2,1H3,(H,21,24). The number of hydrogen-bond donors (Lipinski definition) is 1. The zero-order valence-electron chi connectivity index (χ0n) is 14.5. The molecule has 138 valence electrons. The van der Waals surface area contributed by atoms with E-state index in [9.17, 15) is 9.59 Å². The molecule has 0 spiro atoms. The average Bonchev–Trinajstić information content (AvgIpc) is 3.05. The second kappa shape index (κ2) is 8.33. The summed E-state index contributed by atoms with van der Waals surface area (Å²) in [5.41, 5.74) is 1.56. The molecule has 1 aromatic carbocycles. The summed E-state index contributed by atoms with van der Waals surface area (Å²) in [6.45, 7) is 0.745. The number of rotatable bonds is 6. The summed E-state index contributed by atoms with van der Waals surface area (Å²) < 4.78 is 7.07. The Morgan fingerprint density at radius 3 is 2.96 bits per heavy atom. The van der Waals surface area contributed by atoms with Gasteiger partial charge in [0, 0.05) is 24.8 Å². The van der Waals surface area contributed by atoms with Gasteiger partial charge >= 0.3 is 0 Å². The van der Waals surface area contributed by atoms with Crippen LogP contribution in [0.15, 0.2) is 36.7 Å². The Hall–Kier alpha value is -2.38. The number of nitrogens with one attached hydrogen (secondary N) is 1. The van der Waals surface area contributed by atoms with Gasteiger partial charge in [-0.05, 0) is 24.5 Å². The fourth-order valence-corrected chi connectivity index (χ4v) is 3.11. The van der Waals surface area contributed by atoms with Gasteiger partial charge in [0.2, 0.25) is 11.8 Å². The molecule has 1 aliphatic heterocycles. The number of anilines is 1. The first kappa shape index (κ1) is 18.4. The molecule has 0 saturated carbocycles. The number of piperidine rings is 1. The van der Waals surface area contributed by atoms with Crippen molar-refractivity contribution in [3.05, 3.63) is 47.2 Å². The van der Waals surface area contributed by atoms with Crippen LogP contribution >= 0.6 is 11.6 Å². The first-order chi connectivity index (χ1) is 12.5. The number of ether oxygens (including phenoxy) is 1. The van der Waals surface area contributed by atoms with E-state index in [1.165, 1.54) is 0 Å². The molecule has 1 fully saturated rings. The minimum Gasteiger partial charge on any atom is -0.367 e. The van der Waals surface area contributed by atoms with Crippen LogP contribution in [0.25, 0.3) is 0 Å². The van der Waals surface area contributed by atoms with Crippen molar-refractivity contribution < 1.29 is 14.3 Å². The van der Waals surface area contributed by atoms with Crippen LogP contribution in [0, 0.1) is 0 Å². The molecule has 2 aromatic rings. The third-order valence-electron chi connectivity index (χ3n) is 4.23. The minimum atomic E-state index is -0.541. The molecule has 1 aliphatic rings. The van der Waals surface area contributed by atoms with Gasteiger partial charge in [0.25, 0.3) is 0 Å². The molecule has 3 rings (SSSR count). The average molecular weight is 377 g/mol. The van der Waals surface area contributed by atoms with Crippen LogP contribution in [-0.2, 0) is 28.0 Å². The molecule has 1 saturated heterocycles. The highest BCUT2D eigenvalue weighted by Gasteiger charge is 2.31. The predicted octanol–water partition coefficient (Wildman–Crippen LogP) is 1.90. The molecule has 0 radical (unpaired) electrons. The number of halogens is 1. The van der Waals surface area contributed by atoms with E-state index in [2.05, 4.69) is 10.4 Å². The Balaban J connectivity index is 1.50. The van der Waals surface area contributed by atoms with Gasteiger partial charge < -0.3 is 15.0 Å². The van der Waals surface area contributed by atoms with Crippen LogP contribution in [0.3, 0.4) is 0 Å². The SMILES string of the molecule is Cn1cc(N2CCCC(NC(=O)COCc3ccccc3Cl)C2=O)cn1. The van der Waals surface area contributed by atoms with E-state index in [4.69, 9.17) is 16.3 Å². The maximum Gasteiger partial charge on any atom is 0.249 e. The van der Waals surface area contributed by atoms with Crippen LogP contribution in [0.5, 0.6) is 0 Å². The zero-order valence-corrected chi connectivity index (χ0v) is 15.3. The lowest BCUT2D eigenvalue weighted by molar-refractivity contribution is -0.131. The van der Waals surface area contributed by atoms with E-state index in [1.807, 2.05) is 18.2 Å². The van der Waals surface area contributed by atoms with Crippen LogP contribution in [-0.4, -0.2) is 40.8 Å². The van der Waals surface area contributed by atoms with Gasteiger partial charge in [-0.1, -0.05) is 29.8 Å². The summed E-state index contributed by atoms with van der Waals surface area (Å²) in [5, 5.41) is 7.45. The van der Waals surface area contributed by atoms with Gasteiger partial charge in [-0.25, -0.2) is 0 Å². The van der Waals surface area contributed by atoms with Crippen LogP contribution in [0.1, 0.15) is 18.4 Å². The topological polar surface area (TPSA) is 76.5 Å². The number of hydrogen-bond acceptors (Lipinski definition) is 4. The highest BCUT2D eigenvalue weighted by atomic mass is 35.5.